The van der Waals surface area contributed by atoms with Gasteiger partial charge in [0.15, 0.2) is 0 Å². The van der Waals surface area contributed by atoms with Crippen LogP contribution in [0.5, 0.6) is 0 Å². The van der Waals surface area contributed by atoms with Crippen LogP contribution in [0.3, 0.4) is 0 Å². The summed E-state index contributed by atoms with van der Waals surface area (Å²) in [6, 6.07) is 4.59. The molecule has 0 fully saturated rings. The van der Waals surface area contributed by atoms with Gasteiger partial charge in [0.1, 0.15) is 0 Å². The van der Waals surface area contributed by atoms with Crippen LogP contribution in [-0.4, -0.2) is 22.2 Å². The van der Waals surface area contributed by atoms with Crippen LogP contribution in [0.25, 0.3) is 0 Å². The van der Waals surface area contributed by atoms with E-state index in [0.29, 0.717) is 12.8 Å². The molecule has 0 aliphatic heterocycles. The summed E-state index contributed by atoms with van der Waals surface area (Å²) in [6.07, 6.45) is 8.36. The zero-order valence-corrected chi connectivity index (χ0v) is 19.2. The van der Waals surface area contributed by atoms with Crippen LogP contribution >= 0.6 is 0 Å². The molecule has 4 heteroatoms. The molecular weight excluding hydrogens is 364 g/mol. The standard InChI is InChI=1S/C25H40O4/c1-18-16-20(12-8-7-10-14-24(3,4)22(26)27)21(17-19(18)2)13-9-11-15-25(5,6)23(28)29/h16-17H,7-15H2,1-6H3,(H,26,27)(H,28,29). The van der Waals surface area contributed by atoms with Gasteiger partial charge in [0.25, 0.3) is 0 Å². The normalized spacial score (nSPS) is 12.2. The van der Waals surface area contributed by atoms with Crippen molar-refractivity contribution in [2.24, 2.45) is 10.8 Å². The molecule has 0 radical (unpaired) electrons. The van der Waals surface area contributed by atoms with Crippen LogP contribution < -0.4 is 0 Å². The third-order valence-corrected chi connectivity index (χ3v) is 6.22. The number of aryl methyl sites for hydroxylation is 4. The smallest absolute Gasteiger partial charge is 0.309 e. The molecule has 0 saturated heterocycles. The minimum atomic E-state index is -0.726. The fraction of sp³-hybridized carbons (Fsp3) is 0.680. The molecule has 0 aromatic heterocycles. The van der Waals surface area contributed by atoms with E-state index in [0.717, 1.165) is 44.9 Å². The van der Waals surface area contributed by atoms with Gasteiger partial charge in [0.05, 0.1) is 10.8 Å². The zero-order chi connectivity index (χ0) is 22.2. The molecule has 0 spiro atoms. The van der Waals surface area contributed by atoms with E-state index >= 15 is 0 Å². The van der Waals surface area contributed by atoms with E-state index < -0.39 is 22.8 Å². The molecule has 4 nitrogen and oxygen atoms in total. The Bertz CT molecular complexity index is 701. The number of benzene rings is 1. The Morgan fingerprint density at radius 2 is 1.03 bits per heavy atom. The molecule has 164 valence electrons. The molecule has 29 heavy (non-hydrogen) atoms. The number of carboxylic acids is 2. The quantitative estimate of drug-likeness (QED) is 0.376. The van der Waals surface area contributed by atoms with Gasteiger partial charge in [-0.15, -0.1) is 0 Å². The maximum Gasteiger partial charge on any atom is 0.309 e. The van der Waals surface area contributed by atoms with Crippen molar-refractivity contribution in [2.45, 2.75) is 99.3 Å². The molecule has 0 unspecified atom stereocenters. The van der Waals surface area contributed by atoms with Gasteiger partial charge in [0.2, 0.25) is 0 Å². The number of unbranched alkanes of at least 4 members (excludes halogenated alkanes) is 3. The molecule has 0 amide bonds. The first-order valence-electron chi connectivity index (χ1n) is 10.9. The van der Waals surface area contributed by atoms with Crippen LogP contribution in [0, 0.1) is 24.7 Å². The monoisotopic (exact) mass is 404 g/mol. The first-order valence-corrected chi connectivity index (χ1v) is 10.9. The summed E-state index contributed by atoms with van der Waals surface area (Å²) in [6.45, 7) is 11.5. The van der Waals surface area contributed by atoms with Crippen molar-refractivity contribution in [3.05, 3.63) is 34.4 Å². The SMILES string of the molecule is Cc1cc(CCCCCC(C)(C)C(=O)O)c(CCCCC(C)(C)C(=O)O)cc1C. The maximum atomic E-state index is 11.3. The summed E-state index contributed by atoms with van der Waals surface area (Å²) >= 11 is 0. The third-order valence-electron chi connectivity index (χ3n) is 6.22. The van der Waals surface area contributed by atoms with Crippen molar-refractivity contribution in [3.8, 4) is 0 Å². The van der Waals surface area contributed by atoms with Gasteiger partial charge in [-0.3, -0.25) is 9.59 Å². The molecule has 0 heterocycles. The second kappa shape index (κ2) is 10.8. The van der Waals surface area contributed by atoms with E-state index in [1.165, 1.54) is 22.3 Å². The number of aliphatic carboxylic acids is 2. The van der Waals surface area contributed by atoms with Gasteiger partial charge < -0.3 is 10.2 Å². The number of hydrogen-bond acceptors (Lipinski definition) is 2. The Kier molecular flexibility index (Phi) is 9.38. The van der Waals surface area contributed by atoms with Gasteiger partial charge in [-0.25, -0.2) is 0 Å². The Morgan fingerprint density at radius 3 is 1.41 bits per heavy atom. The van der Waals surface area contributed by atoms with E-state index in [2.05, 4.69) is 26.0 Å². The van der Waals surface area contributed by atoms with Crippen LogP contribution in [0.15, 0.2) is 12.1 Å². The Labute approximate surface area is 176 Å². The van der Waals surface area contributed by atoms with E-state index in [1.54, 1.807) is 27.7 Å². The van der Waals surface area contributed by atoms with Gasteiger partial charge in [-0.2, -0.15) is 0 Å². The minimum Gasteiger partial charge on any atom is -0.481 e. The van der Waals surface area contributed by atoms with E-state index in [1.807, 2.05) is 0 Å². The molecule has 2 N–H and O–H groups in total. The summed E-state index contributed by atoms with van der Waals surface area (Å²) in [4.78, 5) is 22.5. The first-order chi connectivity index (χ1) is 13.4. The highest BCUT2D eigenvalue weighted by molar-refractivity contribution is 5.73. The summed E-state index contributed by atoms with van der Waals surface area (Å²) in [5, 5.41) is 18.5. The molecule has 0 aliphatic carbocycles. The summed E-state index contributed by atoms with van der Waals surface area (Å²) < 4.78 is 0. The number of rotatable bonds is 13. The number of carboxylic acid groups (broad SMARTS) is 2. The largest absolute Gasteiger partial charge is 0.481 e. The van der Waals surface area contributed by atoms with Crippen molar-refractivity contribution in [1.29, 1.82) is 0 Å². The van der Waals surface area contributed by atoms with Crippen molar-refractivity contribution in [1.82, 2.24) is 0 Å². The molecule has 0 atom stereocenters. The maximum absolute atomic E-state index is 11.3. The number of carbonyl (C=O) groups is 2. The molecule has 0 saturated carbocycles. The predicted molar refractivity (Wildman–Crippen MR) is 118 cm³/mol. The molecule has 1 aromatic carbocycles. The predicted octanol–water partition coefficient (Wildman–Crippen LogP) is 6.34. The van der Waals surface area contributed by atoms with Gasteiger partial charge >= 0.3 is 11.9 Å². The van der Waals surface area contributed by atoms with E-state index in [4.69, 9.17) is 0 Å². The molecule has 1 aromatic rings. The molecule has 0 aliphatic rings. The lowest BCUT2D eigenvalue weighted by atomic mass is 9.85. The topological polar surface area (TPSA) is 74.6 Å². The summed E-state index contributed by atoms with van der Waals surface area (Å²) in [5.41, 5.74) is 4.08. The van der Waals surface area contributed by atoms with Gasteiger partial charge in [0, 0.05) is 0 Å². The lowest BCUT2D eigenvalue weighted by Gasteiger charge is -2.19. The highest BCUT2D eigenvalue weighted by Crippen LogP contribution is 2.27. The molecule has 1 rings (SSSR count). The summed E-state index contributed by atoms with van der Waals surface area (Å²) in [7, 11) is 0. The van der Waals surface area contributed by atoms with Crippen molar-refractivity contribution in [2.75, 3.05) is 0 Å². The zero-order valence-electron chi connectivity index (χ0n) is 19.2. The first kappa shape index (κ1) is 25.2. The minimum absolute atomic E-state index is 0.644. The van der Waals surface area contributed by atoms with E-state index in [9.17, 15) is 19.8 Å². The lowest BCUT2D eigenvalue weighted by molar-refractivity contribution is -0.148. The summed E-state index contributed by atoms with van der Waals surface area (Å²) in [5.74, 6) is -1.45. The number of hydrogen-bond donors (Lipinski definition) is 2. The van der Waals surface area contributed by atoms with Gasteiger partial charge in [-0.05, 0) is 102 Å². The average Bonchev–Trinajstić information content (AvgIpc) is 2.61. The van der Waals surface area contributed by atoms with Crippen molar-refractivity contribution >= 4 is 11.9 Å². The van der Waals surface area contributed by atoms with Crippen molar-refractivity contribution < 1.29 is 19.8 Å². The second-order valence-corrected chi connectivity index (χ2v) is 9.85. The van der Waals surface area contributed by atoms with Crippen LogP contribution in [0.4, 0.5) is 0 Å². The Morgan fingerprint density at radius 1 is 0.690 bits per heavy atom. The fourth-order valence-corrected chi connectivity index (χ4v) is 3.56. The average molecular weight is 405 g/mol. The fourth-order valence-electron chi connectivity index (χ4n) is 3.56. The van der Waals surface area contributed by atoms with Crippen LogP contribution in [-0.2, 0) is 22.4 Å². The van der Waals surface area contributed by atoms with Crippen LogP contribution in [0.2, 0.25) is 0 Å². The van der Waals surface area contributed by atoms with E-state index in [-0.39, 0.29) is 0 Å². The van der Waals surface area contributed by atoms with Gasteiger partial charge in [-0.1, -0.05) is 31.4 Å². The highest BCUT2D eigenvalue weighted by Gasteiger charge is 2.26. The molecule has 0 bridgehead atoms. The Balaban J connectivity index is 2.59. The second-order valence-electron chi connectivity index (χ2n) is 9.85. The van der Waals surface area contributed by atoms with Crippen molar-refractivity contribution in [3.63, 3.8) is 0 Å². The Hall–Kier alpha value is -1.84. The van der Waals surface area contributed by atoms with Crippen LogP contribution in [0.1, 0.15) is 94.9 Å². The molecular formula is C25H40O4. The lowest BCUT2D eigenvalue weighted by Crippen LogP contribution is -2.23. The highest BCUT2D eigenvalue weighted by atomic mass is 16.4. The third kappa shape index (κ3) is 8.20.